The highest BCUT2D eigenvalue weighted by atomic mass is 16.5. The van der Waals surface area contributed by atoms with Crippen molar-refractivity contribution in [2.24, 2.45) is 0 Å². The molecule has 0 aliphatic heterocycles. The monoisotopic (exact) mass is 240 g/mol. The van der Waals surface area contributed by atoms with E-state index >= 15 is 0 Å². The Labute approximate surface area is 102 Å². The second kappa shape index (κ2) is 6.35. The number of rotatable bonds is 6. The Bertz CT molecular complexity index is 361. The Balaban J connectivity index is 3.20. The van der Waals surface area contributed by atoms with E-state index in [1.165, 1.54) is 0 Å². The summed E-state index contributed by atoms with van der Waals surface area (Å²) < 4.78 is 16.1. The van der Waals surface area contributed by atoms with Crippen molar-refractivity contribution in [3.8, 4) is 17.2 Å². The van der Waals surface area contributed by atoms with Crippen LogP contribution in [0.3, 0.4) is 0 Å². The number of aliphatic hydroxyl groups excluding tert-OH is 1. The van der Waals surface area contributed by atoms with Crippen LogP contribution < -0.4 is 14.2 Å². The molecule has 4 heteroatoms. The largest absolute Gasteiger partial charge is 0.493 e. The normalized spacial score (nSPS) is 12.1. The molecule has 17 heavy (non-hydrogen) atoms. The molecule has 0 aliphatic rings. The van der Waals surface area contributed by atoms with Gasteiger partial charge >= 0.3 is 0 Å². The molecule has 0 heterocycles. The maximum Gasteiger partial charge on any atom is 0.203 e. The highest BCUT2D eigenvalue weighted by Crippen LogP contribution is 2.40. The molecular formula is C13H20O4. The summed E-state index contributed by atoms with van der Waals surface area (Å²) in [6.07, 6.45) is 0.0997. The Morgan fingerprint density at radius 3 is 2.35 bits per heavy atom. The van der Waals surface area contributed by atoms with Gasteiger partial charge in [-0.25, -0.2) is 0 Å². The van der Waals surface area contributed by atoms with Crippen LogP contribution in [-0.4, -0.2) is 32.0 Å². The third kappa shape index (κ3) is 3.27. The summed E-state index contributed by atoms with van der Waals surface area (Å²) >= 11 is 0. The van der Waals surface area contributed by atoms with Gasteiger partial charge < -0.3 is 19.3 Å². The minimum atomic E-state index is -0.424. The Morgan fingerprint density at radius 2 is 1.88 bits per heavy atom. The first kappa shape index (κ1) is 13.6. The SMILES string of the molecule is CCOc1c(CC(C)O)ccc(OC)c1OC. The van der Waals surface area contributed by atoms with Gasteiger partial charge in [-0.05, 0) is 19.9 Å². The Kier molecular flexibility index (Phi) is 5.10. The molecule has 1 aromatic rings. The standard InChI is InChI=1S/C13H20O4/c1-5-17-12-10(8-9(2)14)6-7-11(15-3)13(12)16-4/h6-7,9,14H,5,8H2,1-4H3. The van der Waals surface area contributed by atoms with E-state index in [0.29, 0.717) is 30.3 Å². The second-order valence-electron chi connectivity index (χ2n) is 3.78. The third-order valence-corrected chi connectivity index (χ3v) is 2.39. The molecule has 1 N–H and O–H groups in total. The molecule has 1 unspecified atom stereocenters. The van der Waals surface area contributed by atoms with Crippen LogP contribution in [0.1, 0.15) is 19.4 Å². The lowest BCUT2D eigenvalue weighted by Crippen LogP contribution is -2.08. The average Bonchev–Trinajstić information content (AvgIpc) is 2.30. The van der Waals surface area contributed by atoms with E-state index in [0.717, 1.165) is 5.56 Å². The van der Waals surface area contributed by atoms with Gasteiger partial charge in [0.15, 0.2) is 11.5 Å². The van der Waals surface area contributed by atoms with Gasteiger partial charge in [0.25, 0.3) is 0 Å². The maximum atomic E-state index is 9.46. The maximum absolute atomic E-state index is 9.46. The number of hydrogen-bond donors (Lipinski definition) is 1. The van der Waals surface area contributed by atoms with Gasteiger partial charge in [-0.3, -0.25) is 0 Å². The van der Waals surface area contributed by atoms with Crippen molar-refractivity contribution in [1.29, 1.82) is 0 Å². The quantitative estimate of drug-likeness (QED) is 0.826. The van der Waals surface area contributed by atoms with E-state index in [1.54, 1.807) is 21.1 Å². The third-order valence-electron chi connectivity index (χ3n) is 2.39. The van der Waals surface area contributed by atoms with Crippen molar-refractivity contribution in [2.45, 2.75) is 26.4 Å². The second-order valence-corrected chi connectivity index (χ2v) is 3.78. The number of methoxy groups -OCH3 is 2. The smallest absolute Gasteiger partial charge is 0.203 e. The van der Waals surface area contributed by atoms with E-state index in [4.69, 9.17) is 14.2 Å². The van der Waals surface area contributed by atoms with Crippen LogP contribution in [0.25, 0.3) is 0 Å². The molecule has 1 rings (SSSR count). The lowest BCUT2D eigenvalue weighted by molar-refractivity contribution is 0.193. The zero-order chi connectivity index (χ0) is 12.8. The summed E-state index contributed by atoms with van der Waals surface area (Å²) in [5.74, 6) is 1.85. The predicted octanol–water partition coefficient (Wildman–Crippen LogP) is 2.03. The summed E-state index contributed by atoms with van der Waals surface area (Å²) in [5.41, 5.74) is 0.916. The fourth-order valence-corrected chi connectivity index (χ4v) is 1.72. The van der Waals surface area contributed by atoms with Crippen molar-refractivity contribution in [3.05, 3.63) is 17.7 Å². The van der Waals surface area contributed by atoms with E-state index < -0.39 is 6.10 Å². The molecule has 0 aromatic heterocycles. The first-order valence-electron chi connectivity index (χ1n) is 5.68. The fourth-order valence-electron chi connectivity index (χ4n) is 1.72. The molecule has 96 valence electrons. The Morgan fingerprint density at radius 1 is 1.18 bits per heavy atom. The van der Waals surface area contributed by atoms with Crippen molar-refractivity contribution in [1.82, 2.24) is 0 Å². The molecule has 0 fully saturated rings. The van der Waals surface area contributed by atoms with Gasteiger partial charge in [0, 0.05) is 12.0 Å². The molecule has 0 bridgehead atoms. The fraction of sp³-hybridized carbons (Fsp3) is 0.538. The number of benzene rings is 1. The van der Waals surface area contributed by atoms with Crippen molar-refractivity contribution in [3.63, 3.8) is 0 Å². The molecule has 1 atom stereocenters. The summed E-state index contributed by atoms with van der Waals surface area (Å²) in [5, 5.41) is 9.46. The molecule has 0 radical (unpaired) electrons. The molecular weight excluding hydrogens is 220 g/mol. The first-order chi connectivity index (χ1) is 8.13. The van der Waals surface area contributed by atoms with E-state index in [9.17, 15) is 5.11 Å². The zero-order valence-electron chi connectivity index (χ0n) is 10.8. The predicted molar refractivity (Wildman–Crippen MR) is 66.1 cm³/mol. The van der Waals surface area contributed by atoms with Gasteiger partial charge in [-0.2, -0.15) is 0 Å². The van der Waals surface area contributed by atoms with Crippen LogP contribution in [0.4, 0.5) is 0 Å². The van der Waals surface area contributed by atoms with Crippen LogP contribution in [0.15, 0.2) is 12.1 Å². The van der Waals surface area contributed by atoms with Crippen LogP contribution >= 0.6 is 0 Å². The van der Waals surface area contributed by atoms with Crippen LogP contribution in [0.2, 0.25) is 0 Å². The Hall–Kier alpha value is -1.42. The minimum absolute atomic E-state index is 0.424. The zero-order valence-corrected chi connectivity index (χ0v) is 10.8. The van der Waals surface area contributed by atoms with Crippen LogP contribution in [-0.2, 0) is 6.42 Å². The average molecular weight is 240 g/mol. The van der Waals surface area contributed by atoms with Crippen LogP contribution in [0.5, 0.6) is 17.2 Å². The highest BCUT2D eigenvalue weighted by Gasteiger charge is 2.17. The molecule has 0 spiro atoms. The number of ether oxygens (including phenoxy) is 3. The summed E-state index contributed by atoms with van der Waals surface area (Å²) in [7, 11) is 3.16. The van der Waals surface area contributed by atoms with E-state index in [2.05, 4.69) is 0 Å². The minimum Gasteiger partial charge on any atom is -0.493 e. The topological polar surface area (TPSA) is 47.9 Å². The van der Waals surface area contributed by atoms with Crippen molar-refractivity contribution < 1.29 is 19.3 Å². The van der Waals surface area contributed by atoms with Gasteiger partial charge in [-0.1, -0.05) is 6.07 Å². The highest BCUT2D eigenvalue weighted by molar-refractivity contribution is 5.55. The summed E-state index contributed by atoms with van der Waals surface area (Å²) in [6, 6.07) is 3.71. The van der Waals surface area contributed by atoms with E-state index in [-0.39, 0.29) is 0 Å². The molecule has 4 nitrogen and oxygen atoms in total. The van der Waals surface area contributed by atoms with Gasteiger partial charge in [0.05, 0.1) is 26.9 Å². The van der Waals surface area contributed by atoms with Gasteiger partial charge in [0.2, 0.25) is 5.75 Å². The summed E-state index contributed by atoms with van der Waals surface area (Å²) in [6.45, 7) is 4.19. The summed E-state index contributed by atoms with van der Waals surface area (Å²) in [4.78, 5) is 0. The van der Waals surface area contributed by atoms with Gasteiger partial charge in [-0.15, -0.1) is 0 Å². The van der Waals surface area contributed by atoms with Gasteiger partial charge in [0.1, 0.15) is 0 Å². The lowest BCUT2D eigenvalue weighted by atomic mass is 10.1. The van der Waals surface area contributed by atoms with Crippen LogP contribution in [0, 0.1) is 0 Å². The van der Waals surface area contributed by atoms with Crippen molar-refractivity contribution in [2.75, 3.05) is 20.8 Å². The molecule has 0 saturated heterocycles. The lowest BCUT2D eigenvalue weighted by Gasteiger charge is -2.17. The molecule has 0 saturated carbocycles. The number of aliphatic hydroxyl groups is 1. The molecule has 1 aromatic carbocycles. The van der Waals surface area contributed by atoms with E-state index in [1.807, 2.05) is 19.1 Å². The van der Waals surface area contributed by atoms with Crippen molar-refractivity contribution >= 4 is 0 Å². The molecule has 0 aliphatic carbocycles. The molecule has 0 amide bonds. The number of hydrogen-bond acceptors (Lipinski definition) is 4. The first-order valence-corrected chi connectivity index (χ1v) is 5.68.